The van der Waals surface area contributed by atoms with E-state index in [9.17, 15) is 9.59 Å². The Morgan fingerprint density at radius 2 is 2.05 bits per heavy atom. The third-order valence-electron chi connectivity index (χ3n) is 3.23. The van der Waals surface area contributed by atoms with Crippen LogP contribution in [0.4, 0.5) is 0 Å². The zero-order valence-corrected chi connectivity index (χ0v) is 12.3. The molecule has 2 aromatic rings. The molecule has 1 aromatic carbocycles. The van der Waals surface area contributed by atoms with E-state index in [0.29, 0.717) is 11.3 Å². The second kappa shape index (κ2) is 6.92. The third kappa shape index (κ3) is 4.08. The fraction of sp³-hybridized carbons (Fsp3) is 0.375. The summed E-state index contributed by atoms with van der Waals surface area (Å²) < 4.78 is 10.5. The Bertz CT molecular complexity index is 677. The summed E-state index contributed by atoms with van der Waals surface area (Å²) in [4.78, 5) is 24.7. The monoisotopic (exact) mass is 289 g/mol. The van der Waals surface area contributed by atoms with Crippen LogP contribution in [0.3, 0.4) is 0 Å². The molecule has 0 saturated carbocycles. The number of benzene rings is 1. The van der Waals surface area contributed by atoms with Gasteiger partial charge in [0.2, 0.25) is 0 Å². The second-order valence-corrected chi connectivity index (χ2v) is 4.91. The molecule has 21 heavy (non-hydrogen) atoms. The summed E-state index contributed by atoms with van der Waals surface area (Å²) in [6.07, 6.45) is 2.02. The average molecular weight is 289 g/mol. The van der Waals surface area contributed by atoms with Gasteiger partial charge in [-0.1, -0.05) is 13.3 Å². The maximum absolute atomic E-state index is 11.9. The summed E-state index contributed by atoms with van der Waals surface area (Å²) in [5.41, 5.74) is 0.0433. The van der Waals surface area contributed by atoms with Crippen LogP contribution < -0.4 is 10.4 Å². The molecule has 0 atom stereocenters. The lowest BCUT2D eigenvalue weighted by Crippen LogP contribution is -2.32. The van der Waals surface area contributed by atoms with E-state index in [0.717, 1.165) is 24.8 Å². The predicted molar refractivity (Wildman–Crippen MR) is 80.5 cm³/mol. The topological polar surface area (TPSA) is 59.8 Å². The number of likely N-dealkylation sites (N-methyl/N-ethyl adjacent to an activating group) is 1. The van der Waals surface area contributed by atoms with Gasteiger partial charge in [-0.2, -0.15) is 0 Å². The smallest absolute Gasteiger partial charge is 0.336 e. The normalized spacial score (nSPS) is 10.6. The van der Waals surface area contributed by atoms with E-state index in [1.807, 2.05) is 0 Å². The molecule has 1 aromatic heterocycles. The van der Waals surface area contributed by atoms with Crippen molar-refractivity contribution in [1.82, 2.24) is 4.90 Å². The highest BCUT2D eigenvalue weighted by Crippen LogP contribution is 2.19. The first-order valence-corrected chi connectivity index (χ1v) is 7.01. The van der Waals surface area contributed by atoms with Crippen LogP contribution in [0.5, 0.6) is 5.75 Å². The van der Waals surface area contributed by atoms with Crippen molar-refractivity contribution in [2.24, 2.45) is 0 Å². The van der Waals surface area contributed by atoms with Gasteiger partial charge in [-0.25, -0.2) is 4.79 Å². The molecule has 0 N–H and O–H groups in total. The molecule has 112 valence electrons. The highest BCUT2D eigenvalue weighted by molar-refractivity contribution is 5.79. The molecular weight excluding hydrogens is 270 g/mol. The lowest BCUT2D eigenvalue weighted by Gasteiger charge is -2.16. The molecule has 0 spiro atoms. The van der Waals surface area contributed by atoms with Gasteiger partial charge in [-0.05, 0) is 24.6 Å². The van der Waals surface area contributed by atoms with Crippen molar-refractivity contribution in [3.8, 4) is 5.75 Å². The largest absolute Gasteiger partial charge is 0.484 e. The molecular formula is C16H19NO4. The van der Waals surface area contributed by atoms with Crippen LogP contribution >= 0.6 is 0 Å². The van der Waals surface area contributed by atoms with Crippen LogP contribution in [-0.4, -0.2) is 31.0 Å². The summed E-state index contributed by atoms with van der Waals surface area (Å²) in [6.45, 7) is 2.78. The van der Waals surface area contributed by atoms with E-state index in [1.54, 1.807) is 36.2 Å². The number of unbranched alkanes of at least 4 members (excludes halogenated alkanes) is 1. The Morgan fingerprint density at radius 1 is 1.29 bits per heavy atom. The van der Waals surface area contributed by atoms with Crippen molar-refractivity contribution < 1.29 is 13.9 Å². The zero-order valence-electron chi connectivity index (χ0n) is 12.3. The molecule has 5 nitrogen and oxygen atoms in total. The van der Waals surface area contributed by atoms with Crippen molar-refractivity contribution in [1.29, 1.82) is 0 Å². The van der Waals surface area contributed by atoms with Gasteiger partial charge in [0.25, 0.3) is 5.91 Å². The van der Waals surface area contributed by atoms with Crippen molar-refractivity contribution in [2.75, 3.05) is 20.2 Å². The van der Waals surface area contributed by atoms with Crippen molar-refractivity contribution in [2.45, 2.75) is 19.8 Å². The number of rotatable bonds is 6. The van der Waals surface area contributed by atoms with Gasteiger partial charge in [-0.15, -0.1) is 0 Å². The van der Waals surface area contributed by atoms with E-state index in [1.165, 1.54) is 6.07 Å². The third-order valence-corrected chi connectivity index (χ3v) is 3.23. The summed E-state index contributed by atoms with van der Waals surface area (Å²) in [7, 11) is 1.76. The molecule has 1 heterocycles. The van der Waals surface area contributed by atoms with Gasteiger partial charge < -0.3 is 14.1 Å². The molecule has 0 aliphatic carbocycles. The second-order valence-electron chi connectivity index (χ2n) is 4.91. The minimum atomic E-state index is -0.407. The SMILES string of the molecule is CCCCN(C)C(=O)COc1ccc2ccc(=O)oc2c1. The molecule has 0 saturated heterocycles. The van der Waals surface area contributed by atoms with Crippen LogP contribution in [0.2, 0.25) is 0 Å². The van der Waals surface area contributed by atoms with Crippen molar-refractivity contribution >= 4 is 16.9 Å². The molecule has 0 aliphatic rings. The Morgan fingerprint density at radius 3 is 2.81 bits per heavy atom. The Balaban J connectivity index is 2.00. The van der Waals surface area contributed by atoms with Crippen LogP contribution in [0, 0.1) is 0 Å². The zero-order chi connectivity index (χ0) is 15.2. The average Bonchev–Trinajstić information content (AvgIpc) is 2.49. The first kappa shape index (κ1) is 15.1. The van der Waals surface area contributed by atoms with E-state index >= 15 is 0 Å². The van der Waals surface area contributed by atoms with Gasteiger partial charge in [0.15, 0.2) is 6.61 Å². The summed E-state index contributed by atoms with van der Waals surface area (Å²) in [5, 5.41) is 0.813. The van der Waals surface area contributed by atoms with Gasteiger partial charge >= 0.3 is 5.63 Å². The van der Waals surface area contributed by atoms with E-state index < -0.39 is 5.63 Å². The lowest BCUT2D eigenvalue weighted by atomic mass is 10.2. The number of carbonyl (C=O) groups excluding carboxylic acids is 1. The van der Waals surface area contributed by atoms with E-state index in [4.69, 9.17) is 9.15 Å². The van der Waals surface area contributed by atoms with Gasteiger partial charge in [0, 0.05) is 31.1 Å². The molecule has 0 unspecified atom stereocenters. The Kier molecular flexibility index (Phi) is 4.98. The molecule has 2 rings (SSSR count). The number of carbonyl (C=O) groups is 1. The minimum absolute atomic E-state index is 0.0250. The van der Waals surface area contributed by atoms with Crippen LogP contribution in [-0.2, 0) is 4.79 Å². The maximum atomic E-state index is 11.9. The fourth-order valence-electron chi connectivity index (χ4n) is 1.91. The highest BCUT2D eigenvalue weighted by Gasteiger charge is 2.09. The van der Waals surface area contributed by atoms with Crippen LogP contribution in [0.15, 0.2) is 39.5 Å². The Labute approximate surface area is 123 Å². The van der Waals surface area contributed by atoms with Crippen molar-refractivity contribution in [3.63, 3.8) is 0 Å². The molecule has 0 fully saturated rings. The number of ether oxygens (including phenoxy) is 1. The molecule has 1 amide bonds. The Hall–Kier alpha value is -2.30. The molecule has 5 heteroatoms. The molecule has 0 radical (unpaired) electrons. The van der Waals surface area contributed by atoms with E-state index in [-0.39, 0.29) is 12.5 Å². The number of amides is 1. The first-order valence-electron chi connectivity index (χ1n) is 7.01. The minimum Gasteiger partial charge on any atom is -0.484 e. The lowest BCUT2D eigenvalue weighted by molar-refractivity contribution is -0.132. The number of fused-ring (bicyclic) bond motifs is 1. The summed E-state index contributed by atoms with van der Waals surface area (Å²) in [5.74, 6) is 0.437. The summed E-state index contributed by atoms with van der Waals surface area (Å²) in [6, 6.07) is 8.22. The molecule has 0 bridgehead atoms. The maximum Gasteiger partial charge on any atom is 0.336 e. The van der Waals surface area contributed by atoms with Crippen LogP contribution in [0.1, 0.15) is 19.8 Å². The highest BCUT2D eigenvalue weighted by atomic mass is 16.5. The van der Waals surface area contributed by atoms with Crippen molar-refractivity contribution in [3.05, 3.63) is 40.8 Å². The van der Waals surface area contributed by atoms with Gasteiger partial charge in [0.1, 0.15) is 11.3 Å². The number of hydrogen-bond acceptors (Lipinski definition) is 4. The fourth-order valence-corrected chi connectivity index (χ4v) is 1.91. The van der Waals surface area contributed by atoms with Crippen LogP contribution in [0.25, 0.3) is 11.0 Å². The van der Waals surface area contributed by atoms with E-state index in [2.05, 4.69) is 6.92 Å². The standard InChI is InChI=1S/C16H19NO4/c1-3-4-9-17(2)15(18)11-20-13-7-5-12-6-8-16(19)21-14(12)10-13/h5-8,10H,3-4,9,11H2,1-2H3. The quantitative estimate of drug-likeness (QED) is 0.766. The number of nitrogens with zero attached hydrogens (tertiary/aromatic N) is 1. The first-order chi connectivity index (χ1) is 10.1. The predicted octanol–water partition coefficient (Wildman–Crippen LogP) is 2.43. The molecule has 0 aliphatic heterocycles. The number of hydrogen-bond donors (Lipinski definition) is 0. The van der Waals surface area contributed by atoms with Gasteiger partial charge in [-0.3, -0.25) is 4.79 Å². The van der Waals surface area contributed by atoms with Gasteiger partial charge in [0.05, 0.1) is 0 Å². The summed E-state index contributed by atoms with van der Waals surface area (Å²) >= 11 is 0.